The van der Waals surface area contributed by atoms with Gasteiger partial charge in [-0.25, -0.2) is 8.78 Å². The second-order valence-corrected chi connectivity index (χ2v) is 6.97. The summed E-state index contributed by atoms with van der Waals surface area (Å²) >= 11 is 0. The van der Waals surface area contributed by atoms with E-state index in [9.17, 15) is 13.6 Å². The summed E-state index contributed by atoms with van der Waals surface area (Å²) in [7, 11) is 0. The predicted octanol–water partition coefficient (Wildman–Crippen LogP) is 2.95. The van der Waals surface area contributed by atoms with Gasteiger partial charge < -0.3 is 11.1 Å². The number of hydrogen-bond acceptors (Lipinski definition) is 2. The highest BCUT2D eigenvalue weighted by atomic mass is 19.2. The zero-order valence-electron chi connectivity index (χ0n) is 13.3. The van der Waals surface area contributed by atoms with E-state index in [-0.39, 0.29) is 17.7 Å². The molecule has 22 heavy (non-hydrogen) atoms. The van der Waals surface area contributed by atoms with Crippen LogP contribution in [0.1, 0.15) is 45.1 Å². The fourth-order valence-corrected chi connectivity index (χ4v) is 3.07. The Hall–Kier alpha value is -1.49. The van der Waals surface area contributed by atoms with Gasteiger partial charge in [0, 0.05) is 18.0 Å². The van der Waals surface area contributed by atoms with E-state index < -0.39 is 17.2 Å². The summed E-state index contributed by atoms with van der Waals surface area (Å²) in [5, 5.41) is 3.03. The highest BCUT2D eigenvalue weighted by Crippen LogP contribution is 2.48. The van der Waals surface area contributed by atoms with E-state index in [1.54, 1.807) is 6.07 Å². The Labute approximate surface area is 130 Å². The van der Waals surface area contributed by atoms with Crippen LogP contribution in [0.25, 0.3) is 0 Å². The molecule has 1 amide bonds. The second kappa shape index (κ2) is 6.32. The summed E-state index contributed by atoms with van der Waals surface area (Å²) in [6, 6.07) is 3.84. The molecule has 0 spiro atoms. The van der Waals surface area contributed by atoms with Gasteiger partial charge in [-0.3, -0.25) is 4.79 Å². The molecule has 0 heterocycles. The van der Waals surface area contributed by atoms with E-state index >= 15 is 0 Å². The van der Waals surface area contributed by atoms with E-state index in [0.29, 0.717) is 24.4 Å². The standard InChI is InChI=1S/C17H24F2N2O/c1-10(2)8-17(3,9-20)21-16(22)13-7-12(13)11-4-5-14(18)15(19)6-11/h4-6,10,12-13H,7-9,20H2,1-3H3,(H,21,22). The first-order valence-electron chi connectivity index (χ1n) is 7.73. The van der Waals surface area contributed by atoms with Crippen molar-refractivity contribution in [3.8, 4) is 0 Å². The van der Waals surface area contributed by atoms with Gasteiger partial charge in [-0.05, 0) is 49.3 Å². The number of carbonyl (C=O) groups excluding carboxylic acids is 1. The second-order valence-electron chi connectivity index (χ2n) is 6.97. The fraction of sp³-hybridized carbons (Fsp3) is 0.588. The number of rotatable bonds is 6. The SMILES string of the molecule is CC(C)CC(C)(CN)NC(=O)C1CC1c1ccc(F)c(F)c1. The summed E-state index contributed by atoms with van der Waals surface area (Å²) in [6.45, 7) is 6.49. The Morgan fingerprint density at radius 2 is 2.09 bits per heavy atom. The third-order valence-corrected chi connectivity index (χ3v) is 4.23. The van der Waals surface area contributed by atoms with Gasteiger partial charge in [-0.2, -0.15) is 0 Å². The largest absolute Gasteiger partial charge is 0.349 e. The minimum atomic E-state index is -0.866. The number of carbonyl (C=O) groups is 1. The molecule has 3 unspecified atom stereocenters. The summed E-state index contributed by atoms with van der Waals surface area (Å²) in [4.78, 5) is 12.4. The van der Waals surface area contributed by atoms with Crippen LogP contribution >= 0.6 is 0 Å². The maximum Gasteiger partial charge on any atom is 0.224 e. The predicted molar refractivity (Wildman–Crippen MR) is 82.3 cm³/mol. The summed E-state index contributed by atoms with van der Waals surface area (Å²) in [5.41, 5.74) is 6.05. The molecule has 0 aliphatic heterocycles. The van der Waals surface area contributed by atoms with Gasteiger partial charge in [0.2, 0.25) is 5.91 Å². The highest BCUT2D eigenvalue weighted by molar-refractivity contribution is 5.83. The molecular formula is C17H24F2N2O. The molecule has 1 saturated carbocycles. The zero-order chi connectivity index (χ0) is 16.5. The van der Waals surface area contributed by atoms with Crippen LogP contribution in [0.3, 0.4) is 0 Å². The molecule has 1 aliphatic rings. The molecule has 5 heteroatoms. The van der Waals surface area contributed by atoms with Crippen LogP contribution in [-0.4, -0.2) is 18.0 Å². The van der Waals surface area contributed by atoms with Gasteiger partial charge in [0.05, 0.1) is 0 Å². The minimum absolute atomic E-state index is 0.0313. The number of halogens is 2. The lowest BCUT2D eigenvalue weighted by Gasteiger charge is -2.31. The Kier molecular flexibility index (Phi) is 4.85. The van der Waals surface area contributed by atoms with Crippen molar-refractivity contribution in [2.75, 3.05) is 6.54 Å². The quantitative estimate of drug-likeness (QED) is 0.849. The molecule has 1 fully saturated rings. The highest BCUT2D eigenvalue weighted by Gasteiger charge is 2.45. The Morgan fingerprint density at radius 3 is 2.64 bits per heavy atom. The smallest absolute Gasteiger partial charge is 0.224 e. The first-order chi connectivity index (χ1) is 10.3. The van der Waals surface area contributed by atoms with Crippen molar-refractivity contribution in [3.05, 3.63) is 35.4 Å². The molecule has 3 nitrogen and oxygen atoms in total. The van der Waals surface area contributed by atoms with Crippen LogP contribution in [0.4, 0.5) is 8.78 Å². The maximum absolute atomic E-state index is 13.3. The van der Waals surface area contributed by atoms with Gasteiger partial charge in [0.1, 0.15) is 0 Å². The summed E-state index contributed by atoms with van der Waals surface area (Å²) in [6.07, 6.45) is 1.47. The lowest BCUT2D eigenvalue weighted by Crippen LogP contribution is -2.52. The van der Waals surface area contributed by atoms with Crippen molar-refractivity contribution in [1.29, 1.82) is 0 Å². The third-order valence-electron chi connectivity index (χ3n) is 4.23. The van der Waals surface area contributed by atoms with Crippen molar-refractivity contribution in [2.45, 2.75) is 45.1 Å². The number of hydrogen-bond donors (Lipinski definition) is 2. The average molecular weight is 310 g/mol. The zero-order valence-corrected chi connectivity index (χ0v) is 13.3. The number of nitrogens with two attached hydrogens (primary N) is 1. The molecular weight excluding hydrogens is 286 g/mol. The topological polar surface area (TPSA) is 55.1 Å². The van der Waals surface area contributed by atoms with E-state index in [1.165, 1.54) is 6.07 Å². The molecule has 0 radical (unpaired) electrons. The Morgan fingerprint density at radius 1 is 1.41 bits per heavy atom. The van der Waals surface area contributed by atoms with Crippen molar-refractivity contribution < 1.29 is 13.6 Å². The first-order valence-corrected chi connectivity index (χ1v) is 7.73. The van der Waals surface area contributed by atoms with Crippen LogP contribution in [0.15, 0.2) is 18.2 Å². The normalized spacial score (nSPS) is 23.2. The molecule has 0 bridgehead atoms. The van der Waals surface area contributed by atoms with Crippen LogP contribution in [0, 0.1) is 23.5 Å². The number of benzene rings is 1. The van der Waals surface area contributed by atoms with Crippen molar-refractivity contribution in [1.82, 2.24) is 5.32 Å². The van der Waals surface area contributed by atoms with Crippen LogP contribution < -0.4 is 11.1 Å². The first kappa shape index (κ1) is 16.9. The number of nitrogens with one attached hydrogen (secondary N) is 1. The van der Waals surface area contributed by atoms with Gasteiger partial charge >= 0.3 is 0 Å². The van der Waals surface area contributed by atoms with Crippen molar-refractivity contribution >= 4 is 5.91 Å². The van der Waals surface area contributed by atoms with E-state index in [1.807, 2.05) is 6.92 Å². The molecule has 1 aromatic carbocycles. The van der Waals surface area contributed by atoms with Crippen LogP contribution in [0.2, 0.25) is 0 Å². The van der Waals surface area contributed by atoms with Gasteiger partial charge in [-0.15, -0.1) is 0 Å². The molecule has 0 aromatic heterocycles. The van der Waals surface area contributed by atoms with Crippen LogP contribution in [-0.2, 0) is 4.79 Å². The van der Waals surface area contributed by atoms with E-state index in [2.05, 4.69) is 19.2 Å². The minimum Gasteiger partial charge on any atom is -0.349 e. The number of amides is 1. The third kappa shape index (κ3) is 3.83. The fourth-order valence-electron chi connectivity index (χ4n) is 3.07. The van der Waals surface area contributed by atoms with Gasteiger partial charge in [0.25, 0.3) is 0 Å². The molecule has 0 saturated heterocycles. The Bertz CT molecular complexity index is 562. The molecule has 3 N–H and O–H groups in total. The molecule has 3 atom stereocenters. The molecule has 2 rings (SSSR count). The maximum atomic E-state index is 13.3. The summed E-state index contributed by atoms with van der Waals surface area (Å²) in [5.74, 6) is -1.56. The Balaban J connectivity index is 1.99. The molecule has 1 aliphatic carbocycles. The van der Waals surface area contributed by atoms with Crippen molar-refractivity contribution in [3.63, 3.8) is 0 Å². The van der Waals surface area contributed by atoms with Gasteiger partial charge in [0.15, 0.2) is 11.6 Å². The van der Waals surface area contributed by atoms with Gasteiger partial charge in [-0.1, -0.05) is 19.9 Å². The van der Waals surface area contributed by atoms with Crippen LogP contribution in [0.5, 0.6) is 0 Å². The lowest BCUT2D eigenvalue weighted by molar-refractivity contribution is -0.124. The lowest BCUT2D eigenvalue weighted by atomic mass is 9.90. The monoisotopic (exact) mass is 310 g/mol. The molecule has 122 valence electrons. The van der Waals surface area contributed by atoms with E-state index in [0.717, 1.165) is 12.5 Å². The molecule has 1 aromatic rings. The van der Waals surface area contributed by atoms with Crippen molar-refractivity contribution in [2.24, 2.45) is 17.6 Å². The van der Waals surface area contributed by atoms with E-state index in [4.69, 9.17) is 5.73 Å². The average Bonchev–Trinajstić information content (AvgIpc) is 3.21. The summed E-state index contributed by atoms with van der Waals surface area (Å²) < 4.78 is 26.2.